The van der Waals surface area contributed by atoms with Gasteiger partial charge in [-0.05, 0) is 85.0 Å². The van der Waals surface area contributed by atoms with Gasteiger partial charge in [-0.3, -0.25) is 14.9 Å². The van der Waals surface area contributed by atoms with Gasteiger partial charge in [0.2, 0.25) is 0 Å². The lowest BCUT2D eigenvalue weighted by Gasteiger charge is -2.28. The van der Waals surface area contributed by atoms with Gasteiger partial charge in [-0.15, -0.1) is 6.58 Å². The second-order valence-corrected chi connectivity index (χ2v) is 10.4. The summed E-state index contributed by atoms with van der Waals surface area (Å²) in [5, 5.41) is 20.2. The Morgan fingerprint density at radius 3 is 2.50 bits per heavy atom. The molecule has 3 aromatic carbocycles. The molecule has 0 saturated heterocycles. The number of hydrazone groups is 1. The van der Waals surface area contributed by atoms with Crippen LogP contribution in [0.5, 0.6) is 17.2 Å². The minimum atomic E-state index is -0.791. The topological polar surface area (TPSA) is 180 Å². The zero-order valence-corrected chi connectivity index (χ0v) is 26.6. The Kier molecular flexibility index (Phi) is 11.9. The third-order valence-corrected chi connectivity index (χ3v) is 7.04. The van der Waals surface area contributed by atoms with E-state index >= 15 is 0 Å². The van der Waals surface area contributed by atoms with Crippen molar-refractivity contribution >= 4 is 29.8 Å². The van der Waals surface area contributed by atoms with Crippen molar-refractivity contribution in [2.75, 3.05) is 20.3 Å². The smallest absolute Gasteiger partial charge is 0.338 e. The molecule has 1 aliphatic heterocycles. The molecule has 0 aliphatic carbocycles. The van der Waals surface area contributed by atoms with Crippen molar-refractivity contribution in [3.05, 3.63) is 117 Å². The van der Waals surface area contributed by atoms with Gasteiger partial charge in [0.05, 0.1) is 36.5 Å². The summed E-state index contributed by atoms with van der Waals surface area (Å²) in [5.41, 5.74) is 5.92. The number of nitrogens with zero attached hydrogens (tertiary/aromatic N) is 2. The maximum atomic E-state index is 12.6. The summed E-state index contributed by atoms with van der Waals surface area (Å²) in [6.45, 7) is 7.12. The van der Waals surface area contributed by atoms with Gasteiger partial charge < -0.3 is 29.6 Å². The van der Waals surface area contributed by atoms with Crippen LogP contribution in [0.25, 0.3) is 0 Å². The van der Waals surface area contributed by atoms with E-state index in [0.717, 1.165) is 11.1 Å². The lowest BCUT2D eigenvalue weighted by molar-refractivity contribution is -0.384. The van der Waals surface area contributed by atoms with Crippen LogP contribution in [0, 0.1) is 10.1 Å². The first-order chi connectivity index (χ1) is 23.1. The lowest BCUT2D eigenvalue weighted by Crippen LogP contribution is -2.45. The van der Waals surface area contributed by atoms with Crippen molar-refractivity contribution in [2.24, 2.45) is 5.10 Å². The first kappa shape index (κ1) is 34.7. The van der Waals surface area contributed by atoms with Gasteiger partial charge in [-0.25, -0.2) is 15.0 Å². The highest BCUT2D eigenvalue weighted by atomic mass is 16.6. The fourth-order valence-electron chi connectivity index (χ4n) is 4.77. The number of urea groups is 1. The number of rotatable bonds is 15. The number of esters is 1. The summed E-state index contributed by atoms with van der Waals surface area (Å²) in [5.74, 6) is 0.0690. The number of ether oxygens (including phenoxy) is 4. The Morgan fingerprint density at radius 1 is 1.06 bits per heavy atom. The maximum absolute atomic E-state index is 12.6. The van der Waals surface area contributed by atoms with Crippen molar-refractivity contribution in [3.8, 4) is 17.2 Å². The van der Waals surface area contributed by atoms with Crippen LogP contribution < -0.4 is 30.3 Å². The fourth-order valence-corrected chi connectivity index (χ4v) is 4.77. The summed E-state index contributed by atoms with van der Waals surface area (Å²) >= 11 is 0. The number of nitrogens with one attached hydrogen (secondary N) is 3. The fraction of sp³-hybridized carbons (Fsp3) is 0.235. The summed E-state index contributed by atoms with van der Waals surface area (Å²) in [6, 6.07) is 15.1. The predicted octanol–water partition coefficient (Wildman–Crippen LogP) is 4.63. The van der Waals surface area contributed by atoms with E-state index in [9.17, 15) is 24.5 Å². The van der Waals surface area contributed by atoms with Crippen LogP contribution >= 0.6 is 0 Å². The number of hydrogen-bond donors (Lipinski definition) is 3. The number of hydrogen-bond acceptors (Lipinski definition) is 10. The molecule has 0 aromatic heterocycles. The predicted molar refractivity (Wildman–Crippen MR) is 176 cm³/mol. The van der Waals surface area contributed by atoms with E-state index < -0.39 is 28.9 Å². The van der Waals surface area contributed by atoms with Crippen LogP contribution in [0.15, 0.2) is 89.7 Å². The average Bonchev–Trinajstić information content (AvgIpc) is 3.07. The molecular formula is C34H35N5O9. The van der Waals surface area contributed by atoms with Crippen LogP contribution in [0.3, 0.4) is 0 Å². The van der Waals surface area contributed by atoms with Crippen molar-refractivity contribution in [3.63, 3.8) is 0 Å². The molecule has 0 radical (unpaired) electrons. The number of nitro groups is 1. The second kappa shape index (κ2) is 16.4. The van der Waals surface area contributed by atoms with E-state index in [4.69, 9.17) is 18.9 Å². The van der Waals surface area contributed by atoms with Crippen molar-refractivity contribution in [1.29, 1.82) is 0 Å². The monoisotopic (exact) mass is 657 g/mol. The van der Waals surface area contributed by atoms with Crippen molar-refractivity contribution in [2.45, 2.75) is 32.9 Å². The standard InChI is InChI=1S/C34H35N5O9/c1-5-7-24-16-23(10-14-27(24)47-19-22-8-12-26(13-9-22)39(43)44)18-35-38-30(40)20-48-28-15-11-25(17-29(28)45-4)32-31(33(41)46-6-2)21(3)36-34(42)37-32/h5,8-18,32H,1,6-7,19-20H2,2-4H3,(H,38,40)(H2,36,37,42)/b35-18-/t32-/m0/s1. The molecule has 1 aliphatic rings. The molecule has 0 spiro atoms. The number of carbonyl (C=O) groups is 3. The lowest BCUT2D eigenvalue weighted by atomic mass is 9.95. The largest absolute Gasteiger partial charge is 0.493 e. The average molecular weight is 658 g/mol. The van der Waals surface area contributed by atoms with Crippen LogP contribution in [0.1, 0.15) is 42.1 Å². The molecule has 3 aromatic rings. The minimum absolute atomic E-state index is 0.00664. The summed E-state index contributed by atoms with van der Waals surface area (Å²) in [7, 11) is 1.43. The maximum Gasteiger partial charge on any atom is 0.338 e. The number of nitro benzene ring substituents is 1. The molecule has 3 amide bonds. The molecule has 3 N–H and O–H groups in total. The van der Waals surface area contributed by atoms with Gasteiger partial charge in [-0.2, -0.15) is 5.10 Å². The molecule has 0 bridgehead atoms. The van der Waals surface area contributed by atoms with Gasteiger partial charge in [-0.1, -0.05) is 12.1 Å². The molecule has 250 valence electrons. The molecular weight excluding hydrogens is 622 g/mol. The van der Waals surface area contributed by atoms with Gasteiger partial charge in [0.15, 0.2) is 18.1 Å². The van der Waals surface area contributed by atoms with Crippen LogP contribution in [-0.2, 0) is 27.4 Å². The van der Waals surface area contributed by atoms with E-state index in [0.29, 0.717) is 29.0 Å². The molecule has 0 fully saturated rings. The van der Waals surface area contributed by atoms with E-state index in [-0.39, 0.29) is 42.6 Å². The van der Waals surface area contributed by atoms with E-state index in [1.165, 1.54) is 25.5 Å². The number of non-ortho nitro benzene ring substituents is 1. The number of benzene rings is 3. The quantitative estimate of drug-likeness (QED) is 0.0691. The van der Waals surface area contributed by atoms with Crippen LogP contribution in [0.4, 0.5) is 10.5 Å². The second-order valence-electron chi connectivity index (χ2n) is 10.4. The van der Waals surface area contributed by atoms with Crippen LogP contribution in [-0.4, -0.2) is 49.4 Å². The molecule has 14 nitrogen and oxygen atoms in total. The summed E-state index contributed by atoms with van der Waals surface area (Å²) < 4.78 is 22.2. The Labute approximate surface area is 276 Å². The zero-order valence-electron chi connectivity index (χ0n) is 26.6. The molecule has 0 unspecified atom stereocenters. The minimum Gasteiger partial charge on any atom is -0.493 e. The molecule has 48 heavy (non-hydrogen) atoms. The molecule has 0 saturated carbocycles. The molecule has 1 atom stereocenters. The highest BCUT2D eigenvalue weighted by molar-refractivity contribution is 5.95. The van der Waals surface area contributed by atoms with Gasteiger partial charge >= 0.3 is 12.0 Å². The van der Waals surface area contributed by atoms with E-state index in [1.807, 2.05) is 6.07 Å². The summed E-state index contributed by atoms with van der Waals surface area (Å²) in [6.07, 6.45) is 3.72. The first-order valence-corrected chi connectivity index (χ1v) is 14.8. The Hall–Kier alpha value is -6.18. The van der Waals surface area contributed by atoms with Crippen molar-refractivity contribution in [1.82, 2.24) is 16.1 Å². The zero-order chi connectivity index (χ0) is 34.6. The molecule has 4 rings (SSSR count). The van der Waals surface area contributed by atoms with E-state index in [1.54, 1.807) is 62.4 Å². The van der Waals surface area contributed by atoms with Gasteiger partial charge in [0.25, 0.3) is 11.6 Å². The number of carbonyl (C=O) groups excluding carboxylic acids is 3. The third-order valence-electron chi connectivity index (χ3n) is 7.04. The number of amides is 3. The van der Waals surface area contributed by atoms with Crippen LogP contribution in [0.2, 0.25) is 0 Å². The highest BCUT2D eigenvalue weighted by Gasteiger charge is 2.32. The molecule has 1 heterocycles. The number of methoxy groups -OCH3 is 1. The van der Waals surface area contributed by atoms with Crippen molar-refractivity contribution < 1.29 is 38.3 Å². The number of allylic oxidation sites excluding steroid dienone is 2. The third kappa shape index (κ3) is 8.96. The Morgan fingerprint density at radius 2 is 1.81 bits per heavy atom. The highest BCUT2D eigenvalue weighted by Crippen LogP contribution is 2.34. The Bertz CT molecular complexity index is 1750. The first-order valence-electron chi connectivity index (χ1n) is 14.8. The molecule has 14 heteroatoms. The Balaban J connectivity index is 1.35. The summed E-state index contributed by atoms with van der Waals surface area (Å²) in [4.78, 5) is 47.7. The van der Waals surface area contributed by atoms with E-state index in [2.05, 4.69) is 27.7 Å². The SMILES string of the molecule is C=CCc1cc(/C=N\NC(=O)COc2ccc([C@@H]3NC(=O)NC(C)=C3C(=O)OCC)cc2OC)ccc1OCc1ccc([N+](=O)[O-])cc1. The van der Waals surface area contributed by atoms with Gasteiger partial charge in [0, 0.05) is 17.8 Å². The van der Waals surface area contributed by atoms with Gasteiger partial charge in [0.1, 0.15) is 12.4 Å². The normalized spacial score (nSPS) is 14.1.